The predicted molar refractivity (Wildman–Crippen MR) is 44.6 cm³/mol. The molecule has 2 atom stereocenters. The molecular weight excluding hydrogens is 143 g/mol. The molecule has 2 heteroatoms. The quantitative estimate of drug-likeness (QED) is 0.526. The van der Waals surface area contributed by atoms with E-state index in [1.54, 1.807) is 5.57 Å². The van der Waals surface area contributed by atoms with Crippen molar-refractivity contribution in [3.63, 3.8) is 0 Å². The van der Waals surface area contributed by atoms with Crippen LogP contribution < -0.4 is 0 Å². The summed E-state index contributed by atoms with van der Waals surface area (Å²) in [5, 5.41) is 0. The molecule has 0 aromatic carbocycles. The highest BCUT2D eigenvalue weighted by molar-refractivity contribution is 7.09. The first-order valence-electron chi connectivity index (χ1n) is 3.66. The summed E-state index contributed by atoms with van der Waals surface area (Å²) in [6, 6.07) is 0. The van der Waals surface area contributed by atoms with Gasteiger partial charge >= 0.3 is 0 Å². The monoisotopic (exact) mass is 154 g/mol. The van der Waals surface area contributed by atoms with Crippen LogP contribution in [0.15, 0.2) is 23.3 Å². The van der Waals surface area contributed by atoms with E-state index >= 15 is 0 Å². The van der Waals surface area contributed by atoms with Gasteiger partial charge in [-0.05, 0) is 24.8 Å². The fraction of sp³-hybridized carbons (Fsp3) is 0.500. The van der Waals surface area contributed by atoms with Gasteiger partial charge in [-0.2, -0.15) is 0 Å². The van der Waals surface area contributed by atoms with Gasteiger partial charge < -0.3 is 4.52 Å². The molecule has 1 nitrogen and oxygen atoms in total. The minimum Gasteiger partial charge on any atom is -0.358 e. The van der Waals surface area contributed by atoms with Crippen LogP contribution in [0.4, 0.5) is 0 Å². The molecule has 0 aliphatic heterocycles. The summed E-state index contributed by atoms with van der Waals surface area (Å²) >= 11 is 0. The molecule has 0 heterocycles. The van der Waals surface area contributed by atoms with Crippen molar-refractivity contribution < 1.29 is 4.52 Å². The van der Waals surface area contributed by atoms with Gasteiger partial charge in [-0.1, -0.05) is 17.7 Å². The molecule has 2 rings (SSSR count). The molecule has 0 bridgehead atoms. The Hall–Kier alpha value is -0.130. The van der Waals surface area contributed by atoms with Crippen molar-refractivity contribution in [2.45, 2.75) is 25.4 Å². The Bertz CT molecular complexity index is 205. The third-order valence-electron chi connectivity index (χ3n) is 2.29. The van der Waals surface area contributed by atoms with Crippen LogP contribution in [0.3, 0.4) is 0 Å². The summed E-state index contributed by atoms with van der Waals surface area (Å²) in [6.07, 6.45) is 8.39. The third kappa shape index (κ3) is 0.853. The smallest absolute Gasteiger partial charge is 0.0863 e. The van der Waals surface area contributed by atoms with Gasteiger partial charge in [0.2, 0.25) is 0 Å². The van der Waals surface area contributed by atoms with E-state index in [2.05, 4.69) is 21.6 Å². The van der Waals surface area contributed by atoms with Crippen molar-refractivity contribution >= 4 is 9.47 Å². The molecule has 0 saturated carbocycles. The van der Waals surface area contributed by atoms with Gasteiger partial charge in [0.05, 0.1) is 6.10 Å². The molecule has 0 N–H and O–H groups in total. The lowest BCUT2D eigenvalue weighted by Crippen LogP contribution is -2.03. The summed E-state index contributed by atoms with van der Waals surface area (Å²) < 4.78 is 5.23. The lowest BCUT2D eigenvalue weighted by molar-refractivity contribution is 0.284. The summed E-state index contributed by atoms with van der Waals surface area (Å²) in [7, 11) is 2.35. The normalized spacial score (nSPS) is 29.9. The Balaban J connectivity index is 2.22. The molecule has 0 aromatic heterocycles. The molecular formula is C8H11OP. The van der Waals surface area contributed by atoms with Gasteiger partial charge in [0.1, 0.15) is 0 Å². The van der Waals surface area contributed by atoms with Crippen molar-refractivity contribution in [2.75, 3.05) is 0 Å². The highest BCUT2D eigenvalue weighted by Gasteiger charge is 2.24. The first-order valence-corrected chi connectivity index (χ1v) is 4.13. The van der Waals surface area contributed by atoms with Crippen molar-refractivity contribution in [1.29, 1.82) is 0 Å². The highest BCUT2D eigenvalue weighted by atomic mass is 31.0. The maximum absolute atomic E-state index is 5.23. The van der Waals surface area contributed by atoms with Crippen molar-refractivity contribution in [1.82, 2.24) is 0 Å². The van der Waals surface area contributed by atoms with Crippen LogP contribution in [0.1, 0.15) is 19.3 Å². The molecule has 0 saturated heterocycles. The van der Waals surface area contributed by atoms with Gasteiger partial charge in [0.25, 0.3) is 0 Å². The fourth-order valence-electron chi connectivity index (χ4n) is 1.75. The highest BCUT2D eigenvalue weighted by Crippen LogP contribution is 2.36. The number of rotatable bonds is 1. The van der Waals surface area contributed by atoms with Crippen molar-refractivity contribution in [3.05, 3.63) is 23.3 Å². The number of hydrogen-bond donors (Lipinski definition) is 0. The summed E-state index contributed by atoms with van der Waals surface area (Å²) in [4.78, 5) is 0. The van der Waals surface area contributed by atoms with E-state index < -0.39 is 0 Å². The van der Waals surface area contributed by atoms with Gasteiger partial charge in [-0.3, -0.25) is 0 Å². The molecule has 2 aliphatic carbocycles. The standard InChI is InChI=1S/C8H11OP/c10-9-8-5-4-6-2-1-3-7(6)8/h1,3,8H,2,4-5,10H2. The van der Waals surface area contributed by atoms with Crippen LogP contribution in [-0.4, -0.2) is 6.10 Å². The molecule has 54 valence electrons. The van der Waals surface area contributed by atoms with Crippen molar-refractivity contribution in [2.24, 2.45) is 0 Å². The molecule has 10 heavy (non-hydrogen) atoms. The van der Waals surface area contributed by atoms with E-state index in [1.165, 1.54) is 24.8 Å². The van der Waals surface area contributed by atoms with E-state index in [4.69, 9.17) is 4.52 Å². The Kier molecular flexibility index (Phi) is 1.63. The fourth-order valence-corrected chi connectivity index (χ4v) is 2.03. The average molecular weight is 154 g/mol. The second kappa shape index (κ2) is 2.48. The predicted octanol–water partition coefficient (Wildman–Crippen LogP) is 2.21. The van der Waals surface area contributed by atoms with Crippen LogP contribution in [0.25, 0.3) is 0 Å². The number of allylic oxidation sites excluding steroid dienone is 2. The Morgan fingerprint density at radius 2 is 2.50 bits per heavy atom. The zero-order chi connectivity index (χ0) is 6.97. The molecule has 0 fully saturated rings. The minimum atomic E-state index is 0.374. The zero-order valence-electron chi connectivity index (χ0n) is 5.84. The molecule has 0 radical (unpaired) electrons. The molecule has 2 unspecified atom stereocenters. The van der Waals surface area contributed by atoms with Crippen molar-refractivity contribution in [3.8, 4) is 0 Å². The lowest BCUT2D eigenvalue weighted by Gasteiger charge is -2.07. The molecule has 0 aromatic rings. The second-order valence-electron chi connectivity index (χ2n) is 2.83. The Morgan fingerprint density at radius 3 is 3.30 bits per heavy atom. The largest absolute Gasteiger partial charge is 0.358 e. The van der Waals surface area contributed by atoms with Gasteiger partial charge in [-0.25, -0.2) is 0 Å². The van der Waals surface area contributed by atoms with Crippen LogP contribution in [0.2, 0.25) is 0 Å². The average Bonchev–Trinajstić information content (AvgIpc) is 2.44. The first-order chi connectivity index (χ1) is 4.92. The van der Waals surface area contributed by atoms with Crippen LogP contribution >= 0.6 is 9.47 Å². The topological polar surface area (TPSA) is 9.23 Å². The maximum atomic E-state index is 5.23. The van der Waals surface area contributed by atoms with Gasteiger partial charge in [0.15, 0.2) is 0 Å². The lowest BCUT2D eigenvalue weighted by atomic mass is 10.2. The van der Waals surface area contributed by atoms with E-state index in [0.29, 0.717) is 6.10 Å². The van der Waals surface area contributed by atoms with Crippen LogP contribution in [0, 0.1) is 0 Å². The number of hydrogen-bond acceptors (Lipinski definition) is 1. The zero-order valence-corrected chi connectivity index (χ0v) is 6.99. The van der Waals surface area contributed by atoms with E-state index in [0.717, 1.165) is 0 Å². The molecule has 0 spiro atoms. The van der Waals surface area contributed by atoms with E-state index in [-0.39, 0.29) is 0 Å². The Morgan fingerprint density at radius 1 is 1.60 bits per heavy atom. The molecule has 2 aliphatic rings. The maximum Gasteiger partial charge on any atom is 0.0863 e. The third-order valence-corrected chi connectivity index (χ3v) is 2.62. The first kappa shape index (κ1) is 6.57. The van der Waals surface area contributed by atoms with Gasteiger partial charge in [-0.15, -0.1) is 0 Å². The van der Waals surface area contributed by atoms with E-state index in [1.807, 2.05) is 0 Å². The summed E-state index contributed by atoms with van der Waals surface area (Å²) in [5.74, 6) is 0. The SMILES string of the molecule is POC1CCC2=C1C=CC2. The summed E-state index contributed by atoms with van der Waals surface area (Å²) in [5.41, 5.74) is 3.03. The van der Waals surface area contributed by atoms with Crippen LogP contribution in [-0.2, 0) is 4.52 Å². The molecule has 0 amide bonds. The Labute approximate surface area is 63.4 Å². The van der Waals surface area contributed by atoms with Gasteiger partial charge in [0, 0.05) is 9.47 Å². The minimum absolute atomic E-state index is 0.374. The summed E-state index contributed by atoms with van der Waals surface area (Å²) in [6.45, 7) is 0. The second-order valence-corrected chi connectivity index (χ2v) is 3.10. The van der Waals surface area contributed by atoms with E-state index in [9.17, 15) is 0 Å². The van der Waals surface area contributed by atoms with Crippen LogP contribution in [0.5, 0.6) is 0 Å².